The summed E-state index contributed by atoms with van der Waals surface area (Å²) in [5, 5.41) is 0. The van der Waals surface area contributed by atoms with E-state index in [-0.39, 0.29) is 18.0 Å². The van der Waals surface area contributed by atoms with Crippen molar-refractivity contribution in [1.82, 2.24) is 0 Å². The summed E-state index contributed by atoms with van der Waals surface area (Å²) in [6, 6.07) is 7.23. The molecule has 0 radical (unpaired) electrons. The molecule has 0 aromatic heterocycles. The lowest BCUT2D eigenvalue weighted by Crippen LogP contribution is -2.30. The van der Waals surface area contributed by atoms with Crippen molar-refractivity contribution < 1.29 is 14.3 Å². The molecule has 3 unspecified atom stereocenters. The van der Waals surface area contributed by atoms with Gasteiger partial charge in [0, 0.05) is 5.56 Å². The highest BCUT2D eigenvalue weighted by molar-refractivity contribution is 5.99. The number of ketones is 1. The number of carbonyl (C=O) groups excluding carboxylic acids is 1. The number of rotatable bonds is 6. The van der Waals surface area contributed by atoms with Crippen LogP contribution in [-0.4, -0.2) is 25.1 Å². The Kier molecular flexibility index (Phi) is 5.80. The van der Waals surface area contributed by atoms with Crippen LogP contribution < -0.4 is 4.74 Å². The molecule has 0 spiro atoms. The summed E-state index contributed by atoms with van der Waals surface area (Å²) in [6.07, 6.45) is 5.76. The minimum atomic E-state index is -0.376. The van der Waals surface area contributed by atoms with Crippen molar-refractivity contribution in [3.05, 3.63) is 29.8 Å². The number of ether oxygens (including phenoxy) is 2. The van der Waals surface area contributed by atoms with Crippen LogP contribution in [0.4, 0.5) is 0 Å². The second-order valence-electron chi connectivity index (χ2n) is 5.93. The fourth-order valence-electron chi connectivity index (χ4n) is 3.08. The molecule has 0 N–H and O–H groups in total. The molecule has 0 amide bonds. The Labute approximate surface area is 127 Å². The van der Waals surface area contributed by atoms with E-state index in [0.29, 0.717) is 5.56 Å². The van der Waals surface area contributed by atoms with Crippen molar-refractivity contribution in [2.45, 2.75) is 58.2 Å². The van der Waals surface area contributed by atoms with Gasteiger partial charge in [0.2, 0.25) is 0 Å². The van der Waals surface area contributed by atoms with Crippen LogP contribution >= 0.6 is 0 Å². The first kappa shape index (κ1) is 16.0. The zero-order chi connectivity index (χ0) is 15.2. The van der Waals surface area contributed by atoms with Crippen LogP contribution in [0.2, 0.25) is 0 Å². The molecule has 0 saturated heterocycles. The van der Waals surface area contributed by atoms with Crippen LogP contribution in [-0.2, 0) is 4.74 Å². The van der Waals surface area contributed by atoms with Gasteiger partial charge in [0.15, 0.2) is 5.78 Å². The first-order chi connectivity index (χ1) is 10.1. The van der Waals surface area contributed by atoms with Crippen LogP contribution in [0, 0.1) is 5.92 Å². The second kappa shape index (κ2) is 7.60. The highest BCUT2D eigenvalue weighted by atomic mass is 16.5. The standard InChI is InChI=1S/C18H26O3/c1-4-14-6-5-7-17(12-14)21-13(2)18(19)15-8-10-16(20-3)11-9-15/h8-11,13-14,17H,4-7,12H2,1-3H3. The van der Waals surface area contributed by atoms with E-state index >= 15 is 0 Å². The van der Waals surface area contributed by atoms with Gasteiger partial charge in [0.05, 0.1) is 13.2 Å². The molecule has 116 valence electrons. The van der Waals surface area contributed by atoms with E-state index in [1.807, 2.05) is 19.1 Å². The summed E-state index contributed by atoms with van der Waals surface area (Å²) in [5.41, 5.74) is 0.686. The fraction of sp³-hybridized carbons (Fsp3) is 0.611. The largest absolute Gasteiger partial charge is 0.497 e. The van der Waals surface area contributed by atoms with E-state index in [0.717, 1.165) is 24.5 Å². The quantitative estimate of drug-likeness (QED) is 0.735. The number of Topliss-reactive ketones (excluding diaryl/α,β-unsaturated/α-hetero) is 1. The van der Waals surface area contributed by atoms with Gasteiger partial charge in [-0.1, -0.05) is 26.2 Å². The molecule has 2 rings (SSSR count). The Hall–Kier alpha value is -1.35. The van der Waals surface area contributed by atoms with Crippen LogP contribution in [0.3, 0.4) is 0 Å². The van der Waals surface area contributed by atoms with Gasteiger partial charge in [-0.2, -0.15) is 0 Å². The van der Waals surface area contributed by atoms with Gasteiger partial charge in [-0.15, -0.1) is 0 Å². The molecule has 0 bridgehead atoms. The summed E-state index contributed by atoms with van der Waals surface area (Å²) in [6.45, 7) is 4.10. The molecule has 1 aromatic carbocycles. The lowest BCUT2D eigenvalue weighted by atomic mass is 9.85. The van der Waals surface area contributed by atoms with Gasteiger partial charge in [-0.05, 0) is 49.9 Å². The first-order valence-electron chi connectivity index (χ1n) is 7.97. The van der Waals surface area contributed by atoms with Gasteiger partial charge >= 0.3 is 0 Å². The van der Waals surface area contributed by atoms with Gasteiger partial charge in [-0.25, -0.2) is 0 Å². The smallest absolute Gasteiger partial charge is 0.191 e. The lowest BCUT2D eigenvalue weighted by molar-refractivity contribution is -0.0221. The summed E-state index contributed by atoms with van der Waals surface area (Å²) < 4.78 is 11.1. The van der Waals surface area contributed by atoms with Crippen LogP contribution in [0.25, 0.3) is 0 Å². The molecule has 0 aliphatic heterocycles. The molecule has 1 aromatic rings. The zero-order valence-corrected chi connectivity index (χ0v) is 13.3. The zero-order valence-electron chi connectivity index (χ0n) is 13.3. The normalized spacial score (nSPS) is 23.6. The Balaban J connectivity index is 1.92. The second-order valence-corrected chi connectivity index (χ2v) is 5.93. The minimum absolute atomic E-state index is 0.0521. The van der Waals surface area contributed by atoms with E-state index in [4.69, 9.17) is 9.47 Å². The third kappa shape index (κ3) is 4.31. The third-order valence-electron chi connectivity index (χ3n) is 4.45. The fourth-order valence-corrected chi connectivity index (χ4v) is 3.08. The number of methoxy groups -OCH3 is 1. The van der Waals surface area contributed by atoms with Gasteiger partial charge < -0.3 is 9.47 Å². The highest BCUT2D eigenvalue weighted by Gasteiger charge is 2.25. The maximum atomic E-state index is 12.4. The predicted molar refractivity (Wildman–Crippen MR) is 83.9 cm³/mol. The predicted octanol–water partition coefficient (Wildman–Crippen LogP) is 4.25. The van der Waals surface area contributed by atoms with Crippen LogP contribution in [0.1, 0.15) is 56.3 Å². The molecule has 1 aliphatic rings. The Morgan fingerprint density at radius 2 is 2.00 bits per heavy atom. The van der Waals surface area contributed by atoms with Gasteiger partial charge in [0.25, 0.3) is 0 Å². The number of hydrogen-bond acceptors (Lipinski definition) is 3. The summed E-state index contributed by atoms with van der Waals surface area (Å²) in [5.74, 6) is 1.57. The van der Waals surface area contributed by atoms with E-state index < -0.39 is 0 Å². The van der Waals surface area contributed by atoms with E-state index in [1.54, 1.807) is 19.2 Å². The Morgan fingerprint density at radius 1 is 1.29 bits per heavy atom. The molecular formula is C18H26O3. The first-order valence-corrected chi connectivity index (χ1v) is 7.97. The van der Waals surface area contributed by atoms with Crippen molar-refractivity contribution in [3.8, 4) is 5.75 Å². The Morgan fingerprint density at radius 3 is 2.62 bits per heavy atom. The lowest BCUT2D eigenvalue weighted by Gasteiger charge is -2.30. The molecule has 21 heavy (non-hydrogen) atoms. The summed E-state index contributed by atoms with van der Waals surface area (Å²) in [7, 11) is 1.62. The molecule has 0 heterocycles. The average Bonchev–Trinajstić information content (AvgIpc) is 2.54. The molecule has 3 atom stereocenters. The highest BCUT2D eigenvalue weighted by Crippen LogP contribution is 2.29. The number of hydrogen-bond donors (Lipinski definition) is 0. The van der Waals surface area contributed by atoms with E-state index in [9.17, 15) is 4.79 Å². The van der Waals surface area contributed by atoms with Crippen molar-refractivity contribution >= 4 is 5.78 Å². The molecule has 3 nitrogen and oxygen atoms in total. The third-order valence-corrected chi connectivity index (χ3v) is 4.45. The monoisotopic (exact) mass is 290 g/mol. The Bertz CT molecular complexity index is 452. The van der Waals surface area contributed by atoms with Crippen LogP contribution in [0.5, 0.6) is 5.75 Å². The van der Waals surface area contributed by atoms with Gasteiger partial charge in [-0.3, -0.25) is 4.79 Å². The van der Waals surface area contributed by atoms with E-state index in [2.05, 4.69) is 6.92 Å². The molecule has 1 fully saturated rings. The molecule has 1 aliphatic carbocycles. The van der Waals surface area contributed by atoms with Crippen LogP contribution in [0.15, 0.2) is 24.3 Å². The SMILES string of the molecule is CCC1CCCC(OC(C)C(=O)c2ccc(OC)cc2)C1. The molecule has 3 heteroatoms. The van der Waals surface area contributed by atoms with Crippen molar-refractivity contribution in [1.29, 1.82) is 0 Å². The van der Waals surface area contributed by atoms with Crippen molar-refractivity contribution in [2.24, 2.45) is 5.92 Å². The average molecular weight is 290 g/mol. The molecular weight excluding hydrogens is 264 g/mol. The number of carbonyl (C=O) groups is 1. The summed E-state index contributed by atoms with van der Waals surface area (Å²) >= 11 is 0. The summed E-state index contributed by atoms with van der Waals surface area (Å²) in [4.78, 5) is 12.4. The van der Waals surface area contributed by atoms with Crippen molar-refractivity contribution in [3.63, 3.8) is 0 Å². The molecule has 1 saturated carbocycles. The number of benzene rings is 1. The van der Waals surface area contributed by atoms with E-state index in [1.165, 1.54) is 19.3 Å². The maximum absolute atomic E-state index is 12.4. The van der Waals surface area contributed by atoms with Gasteiger partial charge in [0.1, 0.15) is 11.9 Å². The minimum Gasteiger partial charge on any atom is -0.497 e. The topological polar surface area (TPSA) is 35.5 Å². The van der Waals surface area contributed by atoms with Crippen molar-refractivity contribution in [2.75, 3.05) is 7.11 Å². The maximum Gasteiger partial charge on any atom is 0.191 e.